The van der Waals surface area contributed by atoms with Gasteiger partial charge in [0.1, 0.15) is 11.3 Å². The van der Waals surface area contributed by atoms with Crippen LogP contribution in [0.15, 0.2) is 29.0 Å². The normalized spacial score (nSPS) is 16.0. The molecule has 116 valence electrons. The lowest BCUT2D eigenvalue weighted by Gasteiger charge is -2.32. The van der Waals surface area contributed by atoms with E-state index in [9.17, 15) is 4.79 Å². The summed E-state index contributed by atoms with van der Waals surface area (Å²) in [5.74, 6) is 1.30. The number of aromatic nitrogens is 2. The number of carbonyl (C=O) groups is 1. The van der Waals surface area contributed by atoms with Crippen molar-refractivity contribution in [2.24, 2.45) is 5.92 Å². The van der Waals surface area contributed by atoms with Gasteiger partial charge in [-0.1, -0.05) is 5.16 Å². The highest BCUT2D eigenvalue weighted by Gasteiger charge is 2.27. The van der Waals surface area contributed by atoms with Crippen LogP contribution in [-0.4, -0.2) is 34.0 Å². The van der Waals surface area contributed by atoms with Crippen LogP contribution in [0.3, 0.4) is 0 Å². The second kappa shape index (κ2) is 6.30. The molecule has 2 aromatic rings. The fourth-order valence-corrected chi connectivity index (χ4v) is 3.14. The maximum atomic E-state index is 12.6. The SMILES string of the molecule is Cc1noc(C)c1C(=O)N1CCC(Cc2ccncc2)CC1. The van der Waals surface area contributed by atoms with Crippen molar-refractivity contribution in [3.8, 4) is 0 Å². The molecule has 0 bridgehead atoms. The molecule has 0 spiro atoms. The van der Waals surface area contributed by atoms with Gasteiger partial charge in [0.2, 0.25) is 0 Å². The van der Waals surface area contributed by atoms with Gasteiger partial charge in [0, 0.05) is 25.5 Å². The summed E-state index contributed by atoms with van der Waals surface area (Å²) in [6.07, 6.45) is 6.82. The van der Waals surface area contributed by atoms with Gasteiger partial charge in [-0.3, -0.25) is 9.78 Å². The first-order valence-corrected chi connectivity index (χ1v) is 7.76. The molecule has 3 rings (SSSR count). The van der Waals surface area contributed by atoms with Crippen molar-refractivity contribution in [3.63, 3.8) is 0 Å². The summed E-state index contributed by atoms with van der Waals surface area (Å²) in [6, 6.07) is 4.14. The second-order valence-corrected chi connectivity index (χ2v) is 5.99. The van der Waals surface area contributed by atoms with E-state index in [2.05, 4.69) is 22.3 Å². The van der Waals surface area contributed by atoms with Gasteiger partial charge >= 0.3 is 0 Å². The lowest BCUT2D eigenvalue weighted by atomic mass is 9.90. The van der Waals surface area contributed by atoms with Crippen LogP contribution in [0.5, 0.6) is 0 Å². The molecular formula is C17H21N3O2. The number of aryl methyl sites for hydroxylation is 2. The summed E-state index contributed by atoms with van der Waals surface area (Å²) >= 11 is 0. The Morgan fingerprint density at radius 3 is 2.55 bits per heavy atom. The second-order valence-electron chi connectivity index (χ2n) is 5.99. The average Bonchev–Trinajstić information content (AvgIpc) is 2.87. The van der Waals surface area contributed by atoms with E-state index in [-0.39, 0.29) is 5.91 Å². The molecule has 0 saturated carbocycles. The van der Waals surface area contributed by atoms with Crippen LogP contribution in [0.2, 0.25) is 0 Å². The third kappa shape index (κ3) is 3.03. The smallest absolute Gasteiger partial charge is 0.259 e. The lowest BCUT2D eigenvalue weighted by molar-refractivity contribution is 0.0688. The molecule has 3 heterocycles. The monoisotopic (exact) mass is 299 g/mol. The quantitative estimate of drug-likeness (QED) is 0.874. The zero-order valence-electron chi connectivity index (χ0n) is 13.1. The Bertz CT molecular complexity index is 624. The number of hydrogen-bond acceptors (Lipinski definition) is 4. The molecular weight excluding hydrogens is 278 g/mol. The number of pyridine rings is 1. The van der Waals surface area contributed by atoms with Gasteiger partial charge in [-0.2, -0.15) is 0 Å². The van der Waals surface area contributed by atoms with E-state index in [4.69, 9.17) is 4.52 Å². The predicted octanol–water partition coefficient (Wildman–Crippen LogP) is 2.78. The minimum atomic E-state index is 0.0543. The molecule has 2 aromatic heterocycles. The van der Waals surface area contributed by atoms with Crippen molar-refractivity contribution in [1.82, 2.24) is 15.0 Å². The van der Waals surface area contributed by atoms with Crippen molar-refractivity contribution in [2.75, 3.05) is 13.1 Å². The van der Waals surface area contributed by atoms with Crippen molar-refractivity contribution < 1.29 is 9.32 Å². The number of amides is 1. The number of rotatable bonds is 3. The summed E-state index contributed by atoms with van der Waals surface area (Å²) in [5, 5.41) is 3.87. The van der Waals surface area contributed by atoms with E-state index in [0.29, 0.717) is 22.9 Å². The fraction of sp³-hybridized carbons (Fsp3) is 0.471. The Hall–Kier alpha value is -2.17. The van der Waals surface area contributed by atoms with Crippen LogP contribution in [0.1, 0.15) is 40.2 Å². The highest BCUT2D eigenvalue weighted by Crippen LogP contribution is 2.24. The summed E-state index contributed by atoms with van der Waals surface area (Å²) in [5.41, 5.74) is 2.64. The van der Waals surface area contributed by atoms with E-state index in [1.54, 1.807) is 6.92 Å². The molecule has 0 radical (unpaired) electrons. The number of hydrogen-bond donors (Lipinski definition) is 0. The Balaban J connectivity index is 1.59. The third-order valence-corrected chi connectivity index (χ3v) is 4.42. The van der Waals surface area contributed by atoms with Gasteiger partial charge in [-0.15, -0.1) is 0 Å². The molecule has 1 saturated heterocycles. The first-order chi connectivity index (χ1) is 10.6. The molecule has 0 unspecified atom stereocenters. The van der Waals surface area contributed by atoms with Gasteiger partial charge in [0.25, 0.3) is 5.91 Å². The van der Waals surface area contributed by atoms with E-state index in [0.717, 1.165) is 32.4 Å². The average molecular weight is 299 g/mol. The lowest BCUT2D eigenvalue weighted by Crippen LogP contribution is -2.39. The Morgan fingerprint density at radius 1 is 1.27 bits per heavy atom. The molecule has 1 aliphatic heterocycles. The van der Waals surface area contributed by atoms with Gasteiger partial charge in [-0.25, -0.2) is 0 Å². The Labute approximate surface area is 130 Å². The first-order valence-electron chi connectivity index (χ1n) is 7.76. The fourth-order valence-electron chi connectivity index (χ4n) is 3.14. The van der Waals surface area contributed by atoms with Crippen LogP contribution in [0.25, 0.3) is 0 Å². The number of piperidine rings is 1. The van der Waals surface area contributed by atoms with Crippen molar-refractivity contribution in [2.45, 2.75) is 33.1 Å². The standard InChI is InChI=1S/C17H21N3O2/c1-12-16(13(2)22-19-12)17(21)20-9-5-15(6-10-20)11-14-3-7-18-8-4-14/h3-4,7-8,15H,5-6,9-11H2,1-2H3. The number of carbonyl (C=O) groups excluding carboxylic acids is 1. The van der Waals surface area contributed by atoms with Crippen molar-refractivity contribution in [1.29, 1.82) is 0 Å². The van der Waals surface area contributed by atoms with Crippen molar-refractivity contribution >= 4 is 5.91 Å². The van der Waals surface area contributed by atoms with Gasteiger partial charge < -0.3 is 9.42 Å². The van der Waals surface area contributed by atoms with E-state index < -0.39 is 0 Å². The first kappa shape index (κ1) is 14.8. The summed E-state index contributed by atoms with van der Waals surface area (Å²) in [7, 11) is 0. The van der Waals surface area contributed by atoms with Crippen LogP contribution in [0.4, 0.5) is 0 Å². The van der Waals surface area contributed by atoms with Gasteiger partial charge in [0.15, 0.2) is 0 Å². The molecule has 0 N–H and O–H groups in total. The van der Waals surface area contributed by atoms with Crippen molar-refractivity contribution in [3.05, 3.63) is 47.1 Å². The summed E-state index contributed by atoms with van der Waals surface area (Å²) in [4.78, 5) is 18.6. The maximum Gasteiger partial charge on any atom is 0.259 e. The molecule has 0 atom stereocenters. The summed E-state index contributed by atoms with van der Waals surface area (Å²) in [6.45, 7) is 5.22. The molecule has 5 heteroatoms. The number of likely N-dealkylation sites (tertiary alicyclic amines) is 1. The van der Waals surface area contributed by atoms with E-state index in [1.165, 1.54) is 5.56 Å². The van der Waals surface area contributed by atoms with Gasteiger partial charge in [0.05, 0.1) is 5.69 Å². The van der Waals surface area contributed by atoms with Crippen LogP contribution >= 0.6 is 0 Å². The Morgan fingerprint density at radius 2 is 1.95 bits per heavy atom. The van der Waals surface area contributed by atoms with Crippen LogP contribution < -0.4 is 0 Å². The largest absolute Gasteiger partial charge is 0.361 e. The minimum absolute atomic E-state index is 0.0543. The zero-order valence-corrected chi connectivity index (χ0v) is 13.1. The summed E-state index contributed by atoms with van der Waals surface area (Å²) < 4.78 is 5.10. The third-order valence-electron chi connectivity index (χ3n) is 4.42. The van der Waals surface area contributed by atoms with Crippen LogP contribution in [-0.2, 0) is 6.42 Å². The predicted molar refractivity (Wildman–Crippen MR) is 82.5 cm³/mol. The van der Waals surface area contributed by atoms with E-state index >= 15 is 0 Å². The van der Waals surface area contributed by atoms with Crippen LogP contribution in [0, 0.1) is 19.8 Å². The molecule has 22 heavy (non-hydrogen) atoms. The molecule has 0 aromatic carbocycles. The highest BCUT2D eigenvalue weighted by molar-refractivity contribution is 5.96. The van der Waals surface area contributed by atoms with Gasteiger partial charge in [-0.05, 0) is 56.7 Å². The topological polar surface area (TPSA) is 59.2 Å². The molecule has 1 fully saturated rings. The number of nitrogens with zero attached hydrogens (tertiary/aromatic N) is 3. The molecule has 5 nitrogen and oxygen atoms in total. The molecule has 1 amide bonds. The zero-order chi connectivity index (χ0) is 15.5. The molecule has 1 aliphatic rings. The highest BCUT2D eigenvalue weighted by atomic mass is 16.5. The molecule has 0 aliphatic carbocycles. The van der Waals surface area contributed by atoms with E-state index in [1.807, 2.05) is 24.2 Å². The maximum absolute atomic E-state index is 12.6. The Kier molecular flexibility index (Phi) is 4.22. The minimum Gasteiger partial charge on any atom is -0.361 e.